The number of hydrogen-bond acceptors (Lipinski definition) is 3. The first-order valence-corrected chi connectivity index (χ1v) is 9.48. The highest BCUT2D eigenvalue weighted by Crippen LogP contribution is 2.20. The second-order valence-corrected chi connectivity index (χ2v) is 7.62. The van der Waals surface area contributed by atoms with Crippen LogP contribution >= 0.6 is 24.0 Å². The summed E-state index contributed by atoms with van der Waals surface area (Å²) in [5.41, 5.74) is 1.32. The Morgan fingerprint density at radius 2 is 2.22 bits per heavy atom. The Morgan fingerprint density at radius 3 is 2.89 bits per heavy atom. The van der Waals surface area contributed by atoms with Crippen LogP contribution in [0.3, 0.4) is 0 Å². The summed E-state index contributed by atoms with van der Waals surface area (Å²) in [6.45, 7) is 8.23. The van der Waals surface area contributed by atoms with Gasteiger partial charge in [0.15, 0.2) is 5.96 Å². The highest BCUT2D eigenvalue weighted by atomic mass is 127. The third-order valence-corrected chi connectivity index (χ3v) is 4.85. The molecule has 1 aliphatic rings. The van der Waals surface area contributed by atoms with Crippen LogP contribution in [-0.4, -0.2) is 50.3 Å². The van der Waals surface area contributed by atoms with Gasteiger partial charge in [0, 0.05) is 52.3 Å². The topological polar surface area (TPSA) is 63.3 Å². The second kappa shape index (κ2) is 10.1. The Labute approximate surface area is 179 Å². The van der Waals surface area contributed by atoms with Crippen LogP contribution < -0.4 is 5.32 Å². The van der Waals surface area contributed by atoms with Crippen molar-refractivity contribution in [3.63, 3.8) is 0 Å². The third-order valence-electron chi connectivity index (χ3n) is 4.85. The molecule has 0 aliphatic carbocycles. The van der Waals surface area contributed by atoms with E-state index < -0.39 is 0 Å². The molecule has 1 unspecified atom stereocenters. The number of hydrogen-bond donors (Lipinski definition) is 1. The van der Waals surface area contributed by atoms with Crippen LogP contribution in [0.5, 0.6) is 0 Å². The summed E-state index contributed by atoms with van der Waals surface area (Å²) in [7, 11) is 3.83. The zero-order valence-electron chi connectivity index (χ0n) is 16.8. The van der Waals surface area contributed by atoms with Crippen molar-refractivity contribution in [1.29, 1.82) is 0 Å². The lowest BCUT2D eigenvalue weighted by molar-refractivity contribution is 0.455. The predicted molar refractivity (Wildman–Crippen MR) is 119 cm³/mol. The molecular formula is C19H32IN7. The Morgan fingerprint density at radius 1 is 1.41 bits per heavy atom. The van der Waals surface area contributed by atoms with Crippen LogP contribution in [0, 0.1) is 11.8 Å². The molecule has 3 heterocycles. The molecule has 1 N–H and O–H groups in total. The fourth-order valence-corrected chi connectivity index (χ4v) is 3.66. The maximum absolute atomic E-state index is 4.49. The van der Waals surface area contributed by atoms with Gasteiger partial charge in [-0.25, -0.2) is 4.98 Å². The monoisotopic (exact) mass is 485 g/mol. The van der Waals surface area contributed by atoms with Gasteiger partial charge < -0.3 is 14.8 Å². The van der Waals surface area contributed by atoms with E-state index in [9.17, 15) is 0 Å². The maximum atomic E-state index is 4.49. The van der Waals surface area contributed by atoms with Crippen LogP contribution in [0.4, 0.5) is 0 Å². The molecule has 2 aromatic heterocycles. The summed E-state index contributed by atoms with van der Waals surface area (Å²) >= 11 is 0. The lowest BCUT2D eigenvalue weighted by Gasteiger charge is -2.22. The van der Waals surface area contributed by atoms with Crippen molar-refractivity contribution in [1.82, 2.24) is 29.5 Å². The van der Waals surface area contributed by atoms with Gasteiger partial charge in [-0.05, 0) is 30.2 Å². The number of aliphatic imine (C=N–C) groups is 1. The largest absolute Gasteiger partial charge is 0.349 e. The van der Waals surface area contributed by atoms with E-state index in [4.69, 9.17) is 0 Å². The van der Waals surface area contributed by atoms with Crippen LogP contribution in [0.25, 0.3) is 0 Å². The fraction of sp³-hybridized carbons (Fsp3) is 0.632. The summed E-state index contributed by atoms with van der Waals surface area (Å²) < 4.78 is 4.10. The number of aryl methyl sites for hydroxylation is 1. The molecule has 1 fully saturated rings. The van der Waals surface area contributed by atoms with Crippen molar-refractivity contribution in [2.75, 3.05) is 20.1 Å². The molecule has 1 aliphatic heterocycles. The van der Waals surface area contributed by atoms with Crippen molar-refractivity contribution in [2.24, 2.45) is 23.9 Å². The minimum absolute atomic E-state index is 0. The summed E-state index contributed by atoms with van der Waals surface area (Å²) in [6.07, 6.45) is 10.3. The van der Waals surface area contributed by atoms with Crippen molar-refractivity contribution < 1.29 is 0 Å². The summed E-state index contributed by atoms with van der Waals surface area (Å²) in [4.78, 5) is 11.3. The minimum atomic E-state index is 0. The van der Waals surface area contributed by atoms with Gasteiger partial charge in [-0.1, -0.05) is 13.8 Å². The Balaban J connectivity index is 0.00000261. The van der Waals surface area contributed by atoms with Gasteiger partial charge in [0.2, 0.25) is 0 Å². The average molecular weight is 485 g/mol. The number of rotatable bonds is 6. The molecule has 1 saturated heterocycles. The average Bonchev–Trinajstić information content (AvgIpc) is 3.31. The van der Waals surface area contributed by atoms with Gasteiger partial charge in [0.1, 0.15) is 5.82 Å². The Kier molecular flexibility index (Phi) is 8.12. The van der Waals surface area contributed by atoms with Gasteiger partial charge in [0.05, 0.1) is 12.7 Å². The van der Waals surface area contributed by atoms with Crippen LogP contribution in [-0.2, 0) is 26.6 Å². The summed E-state index contributed by atoms with van der Waals surface area (Å²) in [5.74, 6) is 3.29. The molecule has 3 rings (SSSR count). The van der Waals surface area contributed by atoms with Crippen molar-refractivity contribution in [3.8, 4) is 0 Å². The molecule has 0 amide bonds. The van der Waals surface area contributed by atoms with Gasteiger partial charge in [-0.2, -0.15) is 5.10 Å². The quantitative estimate of drug-likeness (QED) is 0.388. The molecule has 1 atom stereocenters. The first-order chi connectivity index (χ1) is 12.5. The molecular weight excluding hydrogens is 453 g/mol. The van der Waals surface area contributed by atoms with Crippen LogP contribution in [0.2, 0.25) is 0 Å². The molecule has 2 aromatic rings. The third kappa shape index (κ3) is 5.95. The standard InChI is InChI=1S/C19H31N7.HI/c1-15(2)12-25-8-6-21-18(25)11-22-19(20-3)26-7-5-16(14-26)9-17-10-23-24(4)13-17;/h6,8,10,13,15-16H,5,7,9,11-12,14H2,1-4H3,(H,20,22);1H. The lowest BCUT2D eigenvalue weighted by atomic mass is 10.0. The molecule has 0 spiro atoms. The second-order valence-electron chi connectivity index (χ2n) is 7.62. The molecule has 7 nitrogen and oxygen atoms in total. The fourth-order valence-electron chi connectivity index (χ4n) is 3.66. The van der Waals surface area contributed by atoms with Gasteiger partial charge in [-0.15, -0.1) is 24.0 Å². The first kappa shape index (κ1) is 21.7. The van der Waals surface area contributed by atoms with Gasteiger partial charge in [-0.3, -0.25) is 9.67 Å². The molecule has 0 saturated carbocycles. The van der Waals surface area contributed by atoms with E-state index in [-0.39, 0.29) is 24.0 Å². The van der Waals surface area contributed by atoms with E-state index >= 15 is 0 Å². The minimum Gasteiger partial charge on any atom is -0.349 e. The Bertz CT molecular complexity index is 734. The summed E-state index contributed by atoms with van der Waals surface area (Å²) in [6, 6.07) is 0. The molecule has 0 bridgehead atoms. The molecule has 27 heavy (non-hydrogen) atoms. The molecule has 0 aromatic carbocycles. The van der Waals surface area contributed by atoms with Gasteiger partial charge in [0.25, 0.3) is 0 Å². The molecule has 8 heteroatoms. The number of aromatic nitrogens is 4. The zero-order chi connectivity index (χ0) is 18.5. The zero-order valence-corrected chi connectivity index (χ0v) is 19.1. The number of nitrogens with zero attached hydrogens (tertiary/aromatic N) is 6. The number of likely N-dealkylation sites (tertiary alicyclic amines) is 1. The maximum Gasteiger partial charge on any atom is 0.194 e. The normalized spacial score (nSPS) is 17.4. The number of nitrogens with one attached hydrogen (secondary N) is 1. The van der Waals surface area contributed by atoms with E-state index in [1.807, 2.05) is 31.2 Å². The van der Waals surface area contributed by atoms with E-state index in [1.165, 1.54) is 12.0 Å². The lowest BCUT2D eigenvalue weighted by Crippen LogP contribution is -2.40. The van der Waals surface area contributed by atoms with E-state index in [0.29, 0.717) is 18.4 Å². The van der Waals surface area contributed by atoms with E-state index in [2.05, 4.69) is 56.1 Å². The SMILES string of the molecule is CN=C(NCc1nccn1CC(C)C)N1CCC(Cc2cnn(C)c2)C1.I. The van der Waals surface area contributed by atoms with Crippen molar-refractivity contribution >= 4 is 29.9 Å². The number of halogens is 1. The highest BCUT2D eigenvalue weighted by Gasteiger charge is 2.25. The van der Waals surface area contributed by atoms with Crippen LogP contribution in [0.1, 0.15) is 31.7 Å². The van der Waals surface area contributed by atoms with Crippen molar-refractivity contribution in [3.05, 3.63) is 36.2 Å². The van der Waals surface area contributed by atoms with Crippen LogP contribution in [0.15, 0.2) is 29.8 Å². The van der Waals surface area contributed by atoms with E-state index in [0.717, 1.165) is 37.8 Å². The summed E-state index contributed by atoms with van der Waals surface area (Å²) in [5, 5.41) is 7.77. The first-order valence-electron chi connectivity index (χ1n) is 9.48. The molecule has 150 valence electrons. The van der Waals surface area contributed by atoms with Gasteiger partial charge >= 0.3 is 0 Å². The smallest absolute Gasteiger partial charge is 0.194 e. The molecule has 0 radical (unpaired) electrons. The number of guanidine groups is 1. The number of imidazole rings is 1. The Hall–Kier alpha value is -1.58. The van der Waals surface area contributed by atoms with Crippen molar-refractivity contribution in [2.45, 2.75) is 39.8 Å². The predicted octanol–water partition coefficient (Wildman–Crippen LogP) is 2.53. The van der Waals surface area contributed by atoms with E-state index in [1.54, 1.807) is 0 Å². The highest BCUT2D eigenvalue weighted by molar-refractivity contribution is 14.0.